The number of carbonyl (C=O) groups excluding carboxylic acids is 2. The highest BCUT2D eigenvalue weighted by Crippen LogP contribution is 2.18. The normalized spacial score (nSPS) is 11.7. The Morgan fingerprint density at radius 3 is 2.29 bits per heavy atom. The molecule has 3 nitrogen and oxygen atoms in total. The third-order valence-corrected chi connectivity index (χ3v) is 1.42. The Labute approximate surface area is 85.1 Å². The number of allylic oxidation sites excluding steroid dienone is 1. The van der Waals surface area contributed by atoms with Gasteiger partial charge in [-0.05, 0) is 24.8 Å². The summed E-state index contributed by atoms with van der Waals surface area (Å²) in [6.07, 6.45) is 3.83. The molecule has 0 saturated heterocycles. The molecule has 0 amide bonds. The minimum atomic E-state index is -0.498. The number of ether oxygens (including phenoxy) is 1. The van der Waals surface area contributed by atoms with E-state index in [0.29, 0.717) is 0 Å². The van der Waals surface area contributed by atoms with E-state index in [9.17, 15) is 9.59 Å². The molecule has 0 saturated carbocycles. The van der Waals surface area contributed by atoms with Crippen molar-refractivity contribution in [3.05, 3.63) is 12.3 Å². The summed E-state index contributed by atoms with van der Waals surface area (Å²) < 4.78 is 4.71. The van der Waals surface area contributed by atoms with Crippen molar-refractivity contribution in [2.24, 2.45) is 5.41 Å². The van der Waals surface area contributed by atoms with E-state index in [1.807, 2.05) is 0 Å². The average Bonchev–Trinajstić information content (AvgIpc) is 1.95. The Bertz CT molecular complexity index is 233. The standard InChI is InChI=1S/C11H18O3/c1-9(12)8-10(13)14-7-5-6-11(2,3)4/h5,7H,6,8H2,1-4H3. The van der Waals surface area contributed by atoms with Gasteiger partial charge in [0.25, 0.3) is 0 Å². The first kappa shape index (κ1) is 12.9. The van der Waals surface area contributed by atoms with Crippen molar-refractivity contribution in [3.63, 3.8) is 0 Å². The summed E-state index contributed by atoms with van der Waals surface area (Å²) >= 11 is 0. The van der Waals surface area contributed by atoms with E-state index in [0.717, 1.165) is 6.42 Å². The Hall–Kier alpha value is -1.12. The lowest BCUT2D eigenvalue weighted by molar-refractivity contribution is -0.140. The molecule has 0 aromatic rings. The lowest BCUT2D eigenvalue weighted by atomic mass is 9.93. The van der Waals surface area contributed by atoms with Gasteiger partial charge in [0.15, 0.2) is 0 Å². The van der Waals surface area contributed by atoms with Gasteiger partial charge in [0, 0.05) is 0 Å². The summed E-state index contributed by atoms with van der Waals surface area (Å²) in [5.74, 6) is -0.679. The van der Waals surface area contributed by atoms with Crippen LogP contribution < -0.4 is 0 Å². The van der Waals surface area contributed by atoms with Crippen molar-refractivity contribution in [2.45, 2.75) is 40.5 Å². The highest BCUT2D eigenvalue weighted by Gasteiger charge is 2.07. The first-order chi connectivity index (χ1) is 6.31. The minimum Gasteiger partial charge on any atom is -0.435 e. The lowest BCUT2D eigenvalue weighted by Crippen LogP contribution is -2.06. The summed E-state index contributed by atoms with van der Waals surface area (Å²) in [6.45, 7) is 7.64. The topological polar surface area (TPSA) is 43.4 Å². The third-order valence-electron chi connectivity index (χ3n) is 1.42. The van der Waals surface area contributed by atoms with Crippen molar-refractivity contribution >= 4 is 11.8 Å². The molecule has 0 N–H and O–H groups in total. The molecule has 0 atom stereocenters. The molecule has 0 aromatic carbocycles. The number of rotatable bonds is 4. The Morgan fingerprint density at radius 2 is 1.86 bits per heavy atom. The van der Waals surface area contributed by atoms with Gasteiger partial charge in [-0.2, -0.15) is 0 Å². The molecule has 3 heteroatoms. The van der Waals surface area contributed by atoms with Gasteiger partial charge in [0.1, 0.15) is 12.2 Å². The van der Waals surface area contributed by atoms with Crippen LogP contribution in [0.25, 0.3) is 0 Å². The summed E-state index contributed by atoms with van der Waals surface area (Å²) in [5.41, 5.74) is 0.184. The Morgan fingerprint density at radius 1 is 1.29 bits per heavy atom. The molecule has 0 rings (SSSR count). The Kier molecular flexibility index (Phi) is 5.13. The van der Waals surface area contributed by atoms with E-state index >= 15 is 0 Å². The zero-order valence-corrected chi connectivity index (χ0v) is 9.29. The van der Waals surface area contributed by atoms with E-state index in [1.54, 1.807) is 6.08 Å². The van der Waals surface area contributed by atoms with Crippen LogP contribution in [-0.2, 0) is 14.3 Å². The molecule has 0 fully saturated rings. The van der Waals surface area contributed by atoms with Crippen LogP contribution in [0.1, 0.15) is 40.5 Å². The van der Waals surface area contributed by atoms with E-state index in [4.69, 9.17) is 4.74 Å². The predicted octanol–water partition coefficient (Wildman–Crippen LogP) is 2.46. The van der Waals surface area contributed by atoms with Gasteiger partial charge in [-0.25, -0.2) is 0 Å². The second-order valence-electron chi connectivity index (χ2n) is 4.51. The second-order valence-corrected chi connectivity index (χ2v) is 4.51. The summed E-state index contributed by atoms with van der Waals surface area (Å²) in [5, 5.41) is 0. The fourth-order valence-electron chi connectivity index (χ4n) is 0.771. The molecule has 0 aliphatic carbocycles. The molecular formula is C11H18O3. The SMILES string of the molecule is CC(=O)CC(=O)OC=CCC(C)(C)C. The highest BCUT2D eigenvalue weighted by atomic mass is 16.5. The van der Waals surface area contributed by atoms with Crippen molar-refractivity contribution in [2.75, 3.05) is 0 Å². The number of ketones is 1. The highest BCUT2D eigenvalue weighted by molar-refractivity contribution is 5.94. The number of hydrogen-bond donors (Lipinski definition) is 0. The largest absolute Gasteiger partial charge is 0.435 e. The zero-order chi connectivity index (χ0) is 11.2. The number of Topliss-reactive ketones (excluding diaryl/α,β-unsaturated/α-hetero) is 1. The van der Waals surface area contributed by atoms with Crippen LogP contribution in [0.3, 0.4) is 0 Å². The quantitative estimate of drug-likeness (QED) is 0.396. The monoisotopic (exact) mass is 198 g/mol. The molecule has 0 unspecified atom stereocenters. The number of carbonyl (C=O) groups is 2. The van der Waals surface area contributed by atoms with E-state index in [2.05, 4.69) is 20.8 Å². The maximum atomic E-state index is 10.9. The van der Waals surface area contributed by atoms with Gasteiger partial charge in [-0.3, -0.25) is 9.59 Å². The van der Waals surface area contributed by atoms with Crippen LogP contribution in [0.2, 0.25) is 0 Å². The van der Waals surface area contributed by atoms with Gasteiger partial charge in [-0.1, -0.05) is 20.8 Å². The molecular weight excluding hydrogens is 180 g/mol. The van der Waals surface area contributed by atoms with Crippen molar-refractivity contribution < 1.29 is 14.3 Å². The summed E-state index contributed by atoms with van der Waals surface area (Å²) in [6, 6.07) is 0. The fourth-order valence-corrected chi connectivity index (χ4v) is 0.771. The first-order valence-corrected chi connectivity index (χ1v) is 4.65. The molecule has 80 valence electrons. The molecule has 0 aromatic heterocycles. The van der Waals surface area contributed by atoms with Crippen molar-refractivity contribution in [1.29, 1.82) is 0 Å². The molecule has 0 bridgehead atoms. The average molecular weight is 198 g/mol. The van der Waals surface area contributed by atoms with Gasteiger partial charge in [0.2, 0.25) is 0 Å². The number of hydrogen-bond acceptors (Lipinski definition) is 3. The van der Waals surface area contributed by atoms with E-state index in [1.165, 1.54) is 13.2 Å². The zero-order valence-electron chi connectivity index (χ0n) is 9.29. The van der Waals surface area contributed by atoms with Crippen LogP contribution in [0, 0.1) is 5.41 Å². The van der Waals surface area contributed by atoms with E-state index in [-0.39, 0.29) is 17.6 Å². The van der Waals surface area contributed by atoms with Crippen molar-refractivity contribution in [3.8, 4) is 0 Å². The molecule has 0 spiro atoms. The van der Waals surface area contributed by atoms with Crippen molar-refractivity contribution in [1.82, 2.24) is 0 Å². The van der Waals surface area contributed by atoms with Gasteiger partial charge < -0.3 is 4.74 Å². The van der Waals surface area contributed by atoms with Gasteiger partial charge >= 0.3 is 5.97 Å². The second kappa shape index (κ2) is 5.58. The summed E-state index contributed by atoms with van der Waals surface area (Å²) in [4.78, 5) is 21.4. The van der Waals surface area contributed by atoms with Crippen LogP contribution in [0.5, 0.6) is 0 Å². The fraction of sp³-hybridized carbons (Fsp3) is 0.636. The van der Waals surface area contributed by atoms with Crippen LogP contribution in [0.15, 0.2) is 12.3 Å². The Balaban J connectivity index is 3.72. The molecule has 0 radical (unpaired) electrons. The maximum Gasteiger partial charge on any atom is 0.318 e. The third kappa shape index (κ3) is 8.97. The maximum absolute atomic E-state index is 10.9. The van der Waals surface area contributed by atoms with Gasteiger partial charge in [0.05, 0.1) is 6.26 Å². The van der Waals surface area contributed by atoms with Crippen LogP contribution >= 0.6 is 0 Å². The lowest BCUT2D eigenvalue weighted by Gasteiger charge is -2.14. The molecule has 0 aliphatic heterocycles. The van der Waals surface area contributed by atoms with Crippen LogP contribution in [0.4, 0.5) is 0 Å². The van der Waals surface area contributed by atoms with Gasteiger partial charge in [-0.15, -0.1) is 0 Å². The minimum absolute atomic E-state index is 0.153. The smallest absolute Gasteiger partial charge is 0.318 e. The molecule has 14 heavy (non-hydrogen) atoms. The molecule has 0 heterocycles. The molecule has 0 aliphatic rings. The predicted molar refractivity (Wildman–Crippen MR) is 54.6 cm³/mol. The van der Waals surface area contributed by atoms with Crippen LogP contribution in [-0.4, -0.2) is 11.8 Å². The first-order valence-electron chi connectivity index (χ1n) is 4.65. The van der Waals surface area contributed by atoms with E-state index < -0.39 is 5.97 Å². The number of esters is 1. The summed E-state index contributed by atoms with van der Waals surface area (Å²) in [7, 11) is 0.